The van der Waals surface area contributed by atoms with Crippen LogP contribution in [0.25, 0.3) is 0 Å². The van der Waals surface area contributed by atoms with Crippen molar-refractivity contribution in [3.63, 3.8) is 0 Å². The summed E-state index contributed by atoms with van der Waals surface area (Å²) < 4.78 is 31.8. The molecule has 0 saturated carbocycles. The molecule has 144 valence electrons. The molecule has 2 heterocycles. The standard InChI is InChI=1S/C19H28N2O4S/c1-3-26(23,24)21-10-8-19(9-11-21)14-18(22)20(12-13-25-19)15-17-7-5-4-6-16(17)2/h4-7H,3,8-15H2,1-2H3. The van der Waals surface area contributed by atoms with Crippen LogP contribution in [-0.2, 0) is 26.1 Å². The molecule has 2 aliphatic heterocycles. The molecule has 26 heavy (non-hydrogen) atoms. The normalized spacial score (nSPS) is 21.8. The number of nitrogens with zero attached hydrogens (tertiary/aromatic N) is 2. The second-order valence-electron chi connectivity index (χ2n) is 7.25. The fourth-order valence-corrected chi connectivity index (χ4v) is 4.88. The van der Waals surface area contributed by atoms with Gasteiger partial charge in [-0.25, -0.2) is 12.7 Å². The van der Waals surface area contributed by atoms with Gasteiger partial charge in [-0.15, -0.1) is 0 Å². The summed E-state index contributed by atoms with van der Waals surface area (Å²) in [6.45, 7) is 6.25. The first-order valence-corrected chi connectivity index (χ1v) is 10.9. The number of amides is 1. The van der Waals surface area contributed by atoms with Crippen LogP contribution in [0.4, 0.5) is 0 Å². The van der Waals surface area contributed by atoms with Gasteiger partial charge in [0.1, 0.15) is 0 Å². The van der Waals surface area contributed by atoms with Crippen LogP contribution in [0.2, 0.25) is 0 Å². The van der Waals surface area contributed by atoms with Crippen molar-refractivity contribution in [1.82, 2.24) is 9.21 Å². The molecule has 0 radical (unpaired) electrons. The van der Waals surface area contributed by atoms with E-state index in [2.05, 4.69) is 19.1 Å². The van der Waals surface area contributed by atoms with Crippen molar-refractivity contribution in [2.45, 2.75) is 45.3 Å². The van der Waals surface area contributed by atoms with Crippen molar-refractivity contribution in [3.8, 4) is 0 Å². The number of carbonyl (C=O) groups is 1. The number of hydrogen-bond acceptors (Lipinski definition) is 4. The summed E-state index contributed by atoms with van der Waals surface area (Å²) >= 11 is 0. The first-order chi connectivity index (χ1) is 12.4. The Morgan fingerprint density at radius 1 is 1.15 bits per heavy atom. The minimum Gasteiger partial charge on any atom is -0.373 e. The topological polar surface area (TPSA) is 66.9 Å². The van der Waals surface area contributed by atoms with Gasteiger partial charge in [0, 0.05) is 26.2 Å². The van der Waals surface area contributed by atoms with Gasteiger partial charge in [-0.3, -0.25) is 4.79 Å². The molecular formula is C19H28N2O4S. The van der Waals surface area contributed by atoms with Gasteiger partial charge in [0.05, 0.1) is 24.4 Å². The Morgan fingerprint density at radius 2 is 1.85 bits per heavy atom. The number of carbonyl (C=O) groups excluding carboxylic acids is 1. The second kappa shape index (κ2) is 7.66. The molecule has 0 aliphatic carbocycles. The Bertz CT molecular complexity index is 755. The molecule has 1 aromatic carbocycles. The lowest BCUT2D eigenvalue weighted by molar-refractivity contribution is -0.135. The quantitative estimate of drug-likeness (QED) is 0.801. The summed E-state index contributed by atoms with van der Waals surface area (Å²) in [5.41, 5.74) is 1.82. The van der Waals surface area contributed by atoms with E-state index in [-0.39, 0.29) is 11.7 Å². The summed E-state index contributed by atoms with van der Waals surface area (Å²) in [6, 6.07) is 8.10. The van der Waals surface area contributed by atoms with Crippen LogP contribution < -0.4 is 0 Å². The van der Waals surface area contributed by atoms with E-state index in [1.807, 2.05) is 17.0 Å². The molecule has 1 amide bonds. The van der Waals surface area contributed by atoms with Gasteiger partial charge in [-0.2, -0.15) is 0 Å². The zero-order valence-corrected chi connectivity index (χ0v) is 16.4. The average molecular weight is 381 g/mol. The molecule has 2 aliphatic rings. The van der Waals surface area contributed by atoms with E-state index in [0.29, 0.717) is 52.0 Å². The molecule has 6 nitrogen and oxygen atoms in total. The first-order valence-electron chi connectivity index (χ1n) is 9.29. The fourth-order valence-electron chi connectivity index (χ4n) is 3.77. The van der Waals surface area contributed by atoms with E-state index in [9.17, 15) is 13.2 Å². The number of ether oxygens (including phenoxy) is 1. The number of benzene rings is 1. The zero-order chi connectivity index (χ0) is 18.8. The Hall–Kier alpha value is -1.44. The number of hydrogen-bond donors (Lipinski definition) is 0. The van der Waals surface area contributed by atoms with Gasteiger partial charge >= 0.3 is 0 Å². The smallest absolute Gasteiger partial charge is 0.225 e. The van der Waals surface area contributed by atoms with E-state index >= 15 is 0 Å². The third kappa shape index (κ3) is 4.10. The lowest BCUT2D eigenvalue weighted by Crippen LogP contribution is -2.49. The van der Waals surface area contributed by atoms with Crippen molar-refractivity contribution in [2.24, 2.45) is 0 Å². The second-order valence-corrected chi connectivity index (χ2v) is 9.51. The Morgan fingerprint density at radius 3 is 2.50 bits per heavy atom. The van der Waals surface area contributed by atoms with Gasteiger partial charge in [0.2, 0.25) is 15.9 Å². The average Bonchev–Trinajstić information content (AvgIpc) is 2.76. The van der Waals surface area contributed by atoms with Crippen LogP contribution in [0.15, 0.2) is 24.3 Å². The highest BCUT2D eigenvalue weighted by Gasteiger charge is 2.42. The predicted molar refractivity (Wildman–Crippen MR) is 100 cm³/mol. The van der Waals surface area contributed by atoms with Crippen molar-refractivity contribution in [2.75, 3.05) is 32.0 Å². The van der Waals surface area contributed by atoms with Gasteiger partial charge in [0.25, 0.3) is 0 Å². The van der Waals surface area contributed by atoms with Crippen LogP contribution in [-0.4, -0.2) is 61.1 Å². The van der Waals surface area contributed by atoms with Crippen molar-refractivity contribution >= 4 is 15.9 Å². The van der Waals surface area contributed by atoms with Gasteiger partial charge in [0.15, 0.2) is 0 Å². The van der Waals surface area contributed by atoms with Crippen LogP contribution in [0, 0.1) is 6.92 Å². The highest BCUT2D eigenvalue weighted by molar-refractivity contribution is 7.89. The Balaban J connectivity index is 1.66. The number of sulfonamides is 1. The van der Waals surface area contributed by atoms with E-state index in [1.165, 1.54) is 9.87 Å². The van der Waals surface area contributed by atoms with Crippen LogP contribution in [0.3, 0.4) is 0 Å². The Labute approximate surface area is 156 Å². The number of aryl methyl sites for hydroxylation is 1. The van der Waals surface area contributed by atoms with E-state index in [4.69, 9.17) is 4.74 Å². The first kappa shape index (κ1) is 19.3. The summed E-state index contributed by atoms with van der Waals surface area (Å²) in [6.07, 6.45) is 1.49. The maximum Gasteiger partial charge on any atom is 0.225 e. The molecule has 1 spiro atoms. The molecule has 3 rings (SSSR count). The molecule has 0 N–H and O–H groups in total. The fraction of sp³-hybridized carbons (Fsp3) is 0.632. The zero-order valence-electron chi connectivity index (χ0n) is 15.6. The number of piperidine rings is 1. The van der Waals surface area contributed by atoms with Crippen molar-refractivity contribution in [3.05, 3.63) is 35.4 Å². The summed E-state index contributed by atoms with van der Waals surface area (Å²) in [5, 5.41) is 0. The van der Waals surface area contributed by atoms with E-state index in [1.54, 1.807) is 6.92 Å². The van der Waals surface area contributed by atoms with Crippen molar-refractivity contribution < 1.29 is 17.9 Å². The lowest BCUT2D eigenvalue weighted by Gasteiger charge is -2.39. The minimum absolute atomic E-state index is 0.0950. The summed E-state index contributed by atoms with van der Waals surface area (Å²) in [4.78, 5) is 14.7. The molecular weight excluding hydrogens is 352 g/mol. The van der Waals surface area contributed by atoms with Crippen LogP contribution in [0.5, 0.6) is 0 Å². The maximum absolute atomic E-state index is 12.9. The highest BCUT2D eigenvalue weighted by Crippen LogP contribution is 2.33. The summed E-state index contributed by atoms with van der Waals surface area (Å²) in [7, 11) is -3.17. The van der Waals surface area contributed by atoms with E-state index < -0.39 is 15.6 Å². The SMILES string of the molecule is CCS(=O)(=O)N1CCC2(CC1)CC(=O)N(Cc1ccccc1C)CCO2. The summed E-state index contributed by atoms with van der Waals surface area (Å²) in [5.74, 6) is 0.210. The predicted octanol–water partition coefficient (Wildman–Crippen LogP) is 1.93. The molecule has 0 aromatic heterocycles. The minimum atomic E-state index is -3.17. The highest BCUT2D eigenvalue weighted by atomic mass is 32.2. The number of rotatable bonds is 4. The van der Waals surface area contributed by atoms with Crippen molar-refractivity contribution in [1.29, 1.82) is 0 Å². The molecule has 0 bridgehead atoms. The van der Waals surface area contributed by atoms with Gasteiger partial charge < -0.3 is 9.64 Å². The molecule has 2 saturated heterocycles. The maximum atomic E-state index is 12.9. The largest absolute Gasteiger partial charge is 0.373 e. The molecule has 7 heteroatoms. The monoisotopic (exact) mass is 380 g/mol. The van der Waals surface area contributed by atoms with Gasteiger partial charge in [-0.05, 0) is 37.8 Å². The van der Waals surface area contributed by atoms with Crippen LogP contribution in [0.1, 0.15) is 37.3 Å². The third-order valence-electron chi connectivity index (χ3n) is 5.61. The van der Waals surface area contributed by atoms with Crippen LogP contribution >= 0.6 is 0 Å². The lowest BCUT2D eigenvalue weighted by atomic mass is 9.88. The van der Waals surface area contributed by atoms with E-state index in [0.717, 1.165) is 5.56 Å². The molecule has 0 unspecified atom stereocenters. The molecule has 1 aromatic rings. The molecule has 0 atom stereocenters. The third-order valence-corrected chi connectivity index (χ3v) is 7.49. The van der Waals surface area contributed by atoms with Gasteiger partial charge in [-0.1, -0.05) is 24.3 Å². The Kier molecular flexibility index (Phi) is 5.69. The molecule has 2 fully saturated rings.